The first-order chi connectivity index (χ1) is 9.60. The van der Waals surface area contributed by atoms with Crippen molar-refractivity contribution in [3.63, 3.8) is 0 Å². The van der Waals surface area contributed by atoms with Crippen LogP contribution in [0.1, 0.15) is 17.3 Å². The van der Waals surface area contributed by atoms with Crippen molar-refractivity contribution in [2.75, 3.05) is 12.3 Å². The van der Waals surface area contributed by atoms with Gasteiger partial charge in [0.15, 0.2) is 0 Å². The zero-order chi connectivity index (χ0) is 14.5. The van der Waals surface area contributed by atoms with E-state index in [-0.39, 0.29) is 12.2 Å². The Morgan fingerprint density at radius 3 is 2.85 bits per heavy atom. The molecule has 6 heteroatoms. The van der Waals surface area contributed by atoms with Gasteiger partial charge < -0.3 is 15.2 Å². The molecule has 0 spiro atoms. The van der Waals surface area contributed by atoms with E-state index < -0.39 is 5.97 Å². The van der Waals surface area contributed by atoms with Crippen molar-refractivity contribution >= 4 is 23.3 Å². The average Bonchev–Trinajstić information content (AvgIpc) is 2.41. The van der Waals surface area contributed by atoms with E-state index in [0.29, 0.717) is 22.2 Å². The normalized spacial score (nSPS) is 10.1. The lowest BCUT2D eigenvalue weighted by Crippen LogP contribution is -2.07. The molecule has 0 radical (unpaired) electrons. The van der Waals surface area contributed by atoms with Crippen LogP contribution in [0.2, 0.25) is 5.02 Å². The summed E-state index contributed by atoms with van der Waals surface area (Å²) in [6, 6.07) is 6.34. The van der Waals surface area contributed by atoms with Crippen LogP contribution in [0.15, 0.2) is 36.7 Å². The van der Waals surface area contributed by atoms with Crippen LogP contribution in [-0.2, 0) is 4.74 Å². The van der Waals surface area contributed by atoms with E-state index in [1.165, 1.54) is 18.5 Å². The summed E-state index contributed by atoms with van der Waals surface area (Å²) >= 11 is 5.83. The summed E-state index contributed by atoms with van der Waals surface area (Å²) in [5.74, 6) is 0.263. The first kappa shape index (κ1) is 14.1. The Morgan fingerprint density at radius 2 is 2.15 bits per heavy atom. The fourth-order valence-electron chi connectivity index (χ4n) is 1.58. The Hall–Kier alpha value is -2.27. The van der Waals surface area contributed by atoms with Crippen molar-refractivity contribution in [2.24, 2.45) is 0 Å². The minimum absolute atomic E-state index is 0.256. The molecular formula is C14H13ClN2O3. The number of anilines is 1. The number of hydrogen-bond donors (Lipinski definition) is 1. The van der Waals surface area contributed by atoms with Crippen LogP contribution >= 0.6 is 11.6 Å². The number of nitrogen functional groups attached to an aromatic ring is 1. The summed E-state index contributed by atoms with van der Waals surface area (Å²) < 4.78 is 10.6. The molecule has 20 heavy (non-hydrogen) atoms. The van der Waals surface area contributed by atoms with Gasteiger partial charge >= 0.3 is 5.97 Å². The van der Waals surface area contributed by atoms with E-state index in [1.54, 1.807) is 25.1 Å². The zero-order valence-electron chi connectivity index (χ0n) is 10.8. The highest BCUT2D eigenvalue weighted by molar-refractivity contribution is 6.30. The third kappa shape index (κ3) is 3.39. The van der Waals surface area contributed by atoms with Gasteiger partial charge in [0, 0.05) is 18.0 Å². The lowest BCUT2D eigenvalue weighted by Gasteiger charge is -2.11. The summed E-state index contributed by atoms with van der Waals surface area (Å²) in [6.07, 6.45) is 2.99. The van der Waals surface area contributed by atoms with Crippen molar-refractivity contribution in [2.45, 2.75) is 6.92 Å². The lowest BCUT2D eigenvalue weighted by atomic mass is 10.2. The third-order valence-electron chi connectivity index (χ3n) is 2.41. The number of aromatic nitrogens is 1. The molecule has 5 nitrogen and oxygen atoms in total. The molecule has 2 rings (SSSR count). The molecule has 1 heterocycles. The molecule has 1 aromatic heterocycles. The monoisotopic (exact) mass is 292 g/mol. The van der Waals surface area contributed by atoms with E-state index in [4.69, 9.17) is 26.8 Å². The van der Waals surface area contributed by atoms with Crippen molar-refractivity contribution in [3.05, 3.63) is 47.2 Å². The molecule has 1 aromatic carbocycles. The number of benzene rings is 1. The lowest BCUT2D eigenvalue weighted by molar-refractivity contribution is 0.0523. The van der Waals surface area contributed by atoms with Gasteiger partial charge in [0.05, 0.1) is 17.8 Å². The van der Waals surface area contributed by atoms with Crippen LogP contribution in [0.3, 0.4) is 0 Å². The van der Waals surface area contributed by atoms with Gasteiger partial charge in [-0.05, 0) is 25.1 Å². The second-order valence-electron chi connectivity index (χ2n) is 3.92. The van der Waals surface area contributed by atoms with Gasteiger partial charge in [-0.15, -0.1) is 0 Å². The van der Waals surface area contributed by atoms with Gasteiger partial charge in [-0.1, -0.05) is 11.6 Å². The summed E-state index contributed by atoms with van der Waals surface area (Å²) in [5.41, 5.74) is 6.39. The summed E-state index contributed by atoms with van der Waals surface area (Å²) in [5, 5.41) is 0.440. The fraction of sp³-hybridized carbons (Fsp3) is 0.143. The number of hydrogen-bond acceptors (Lipinski definition) is 5. The quantitative estimate of drug-likeness (QED) is 0.691. The number of carbonyl (C=O) groups excluding carboxylic acids is 1. The number of rotatable bonds is 4. The SMILES string of the molecule is CCOC(=O)c1cc(N)ccc1Oc1cncc(Cl)c1. The van der Waals surface area contributed by atoms with Crippen molar-refractivity contribution in [1.82, 2.24) is 4.98 Å². The van der Waals surface area contributed by atoms with Crippen LogP contribution < -0.4 is 10.5 Å². The highest BCUT2D eigenvalue weighted by Crippen LogP contribution is 2.28. The van der Waals surface area contributed by atoms with E-state index >= 15 is 0 Å². The van der Waals surface area contributed by atoms with Gasteiger partial charge in [0.25, 0.3) is 0 Å². The van der Waals surface area contributed by atoms with Crippen molar-refractivity contribution < 1.29 is 14.3 Å². The van der Waals surface area contributed by atoms with Gasteiger partial charge in [-0.25, -0.2) is 4.79 Å². The Morgan fingerprint density at radius 1 is 1.35 bits per heavy atom. The molecule has 2 N–H and O–H groups in total. The molecule has 0 aliphatic heterocycles. The molecule has 0 atom stereocenters. The molecule has 0 saturated carbocycles. The van der Waals surface area contributed by atoms with E-state index in [9.17, 15) is 4.79 Å². The maximum absolute atomic E-state index is 11.9. The number of esters is 1. The predicted molar refractivity (Wildman–Crippen MR) is 76.1 cm³/mol. The van der Waals surface area contributed by atoms with E-state index in [0.717, 1.165) is 0 Å². The Labute approximate surface area is 121 Å². The van der Waals surface area contributed by atoms with E-state index in [1.807, 2.05) is 0 Å². The second kappa shape index (κ2) is 6.25. The number of ether oxygens (including phenoxy) is 2. The molecule has 0 bridgehead atoms. The molecule has 0 unspecified atom stereocenters. The molecule has 0 amide bonds. The summed E-state index contributed by atoms with van der Waals surface area (Å²) in [4.78, 5) is 15.8. The molecule has 0 aliphatic carbocycles. The molecule has 0 fully saturated rings. The Kier molecular flexibility index (Phi) is 4.42. The van der Waals surface area contributed by atoms with Crippen LogP contribution in [0, 0.1) is 0 Å². The highest BCUT2D eigenvalue weighted by Gasteiger charge is 2.15. The number of nitrogens with zero attached hydrogens (tertiary/aromatic N) is 1. The molecule has 2 aromatic rings. The average molecular weight is 293 g/mol. The number of halogens is 1. The maximum atomic E-state index is 11.9. The first-order valence-electron chi connectivity index (χ1n) is 5.95. The maximum Gasteiger partial charge on any atom is 0.342 e. The number of pyridine rings is 1. The van der Waals surface area contributed by atoms with Crippen molar-refractivity contribution in [3.8, 4) is 11.5 Å². The second-order valence-corrected chi connectivity index (χ2v) is 4.35. The van der Waals surface area contributed by atoms with Crippen LogP contribution in [-0.4, -0.2) is 17.6 Å². The van der Waals surface area contributed by atoms with E-state index in [2.05, 4.69) is 4.98 Å². The van der Waals surface area contributed by atoms with Crippen molar-refractivity contribution in [1.29, 1.82) is 0 Å². The molecule has 0 aliphatic rings. The van der Waals surface area contributed by atoms with Crippen LogP contribution in [0.25, 0.3) is 0 Å². The molecule has 0 saturated heterocycles. The summed E-state index contributed by atoms with van der Waals surface area (Å²) in [6.45, 7) is 2.00. The van der Waals surface area contributed by atoms with Gasteiger partial charge in [-0.3, -0.25) is 4.98 Å². The van der Waals surface area contributed by atoms with Crippen LogP contribution in [0.5, 0.6) is 11.5 Å². The standard InChI is InChI=1S/C14H13ClN2O3/c1-2-19-14(18)12-6-10(16)3-4-13(12)20-11-5-9(15)7-17-8-11/h3-8H,2,16H2,1H3. The summed E-state index contributed by atoms with van der Waals surface area (Å²) in [7, 11) is 0. The number of nitrogens with two attached hydrogens (primary N) is 1. The topological polar surface area (TPSA) is 74.4 Å². The van der Waals surface area contributed by atoms with Crippen LogP contribution in [0.4, 0.5) is 5.69 Å². The minimum Gasteiger partial charge on any atom is -0.462 e. The largest absolute Gasteiger partial charge is 0.462 e. The van der Waals surface area contributed by atoms with Gasteiger partial charge in [-0.2, -0.15) is 0 Å². The molecule has 104 valence electrons. The molecular weight excluding hydrogens is 280 g/mol. The van der Waals surface area contributed by atoms with Gasteiger partial charge in [0.2, 0.25) is 0 Å². The first-order valence-corrected chi connectivity index (χ1v) is 6.33. The Bertz CT molecular complexity index is 632. The zero-order valence-corrected chi connectivity index (χ0v) is 11.6. The number of carbonyl (C=O) groups is 1. The smallest absolute Gasteiger partial charge is 0.342 e. The predicted octanol–water partition coefficient (Wildman–Crippen LogP) is 3.29. The highest BCUT2D eigenvalue weighted by atomic mass is 35.5. The Balaban J connectivity index is 2.33. The third-order valence-corrected chi connectivity index (χ3v) is 2.61. The fourth-order valence-corrected chi connectivity index (χ4v) is 1.74. The minimum atomic E-state index is -0.496. The van der Waals surface area contributed by atoms with Gasteiger partial charge in [0.1, 0.15) is 17.1 Å².